The number of aromatic nitrogens is 1. The Morgan fingerprint density at radius 2 is 2.35 bits per heavy atom. The maximum atomic E-state index is 12.3. The van der Waals surface area contributed by atoms with Crippen LogP contribution in [0.3, 0.4) is 0 Å². The Bertz CT molecular complexity index is 453. The Labute approximate surface area is 103 Å². The number of nitrogens with one attached hydrogen (secondary N) is 1. The average molecular weight is 251 g/mol. The van der Waals surface area contributed by atoms with Gasteiger partial charge in [0.15, 0.2) is 0 Å². The van der Waals surface area contributed by atoms with Gasteiger partial charge in [0.05, 0.1) is 11.8 Å². The van der Waals surface area contributed by atoms with Crippen molar-refractivity contribution in [3.05, 3.63) is 17.1 Å². The number of hydrogen-bond donors (Lipinski definition) is 1. The van der Waals surface area contributed by atoms with Crippen molar-refractivity contribution in [1.82, 2.24) is 14.6 Å². The number of amides is 2. The van der Waals surface area contributed by atoms with Gasteiger partial charge in [0.25, 0.3) is 5.91 Å². The quantitative estimate of drug-likeness (QED) is 0.796. The summed E-state index contributed by atoms with van der Waals surface area (Å²) in [5, 5.41) is 4.60. The zero-order valence-electron chi connectivity index (χ0n) is 9.31. The van der Waals surface area contributed by atoms with Crippen LogP contribution in [-0.2, 0) is 4.79 Å². The summed E-state index contributed by atoms with van der Waals surface area (Å²) in [6, 6.07) is 0. The summed E-state index contributed by atoms with van der Waals surface area (Å²) >= 11 is 1.26. The van der Waals surface area contributed by atoms with Crippen LogP contribution in [0, 0.1) is 0 Å². The van der Waals surface area contributed by atoms with Crippen molar-refractivity contribution in [2.24, 2.45) is 0 Å². The summed E-state index contributed by atoms with van der Waals surface area (Å²) in [6.07, 6.45) is 4.15. The Kier molecular flexibility index (Phi) is 2.39. The number of nitrogens with zero attached hydrogens (tertiary/aromatic N) is 2. The highest BCUT2D eigenvalue weighted by molar-refractivity contribution is 7.03. The molecule has 1 aliphatic heterocycles. The van der Waals surface area contributed by atoms with Crippen LogP contribution >= 0.6 is 11.5 Å². The molecule has 5 nitrogen and oxygen atoms in total. The third-order valence-electron chi connectivity index (χ3n) is 3.67. The number of hydrogen-bond acceptors (Lipinski definition) is 4. The van der Waals surface area contributed by atoms with Gasteiger partial charge in [0.2, 0.25) is 5.91 Å². The van der Waals surface area contributed by atoms with E-state index in [0.717, 1.165) is 19.3 Å². The lowest BCUT2D eigenvalue weighted by molar-refractivity contribution is -0.141. The van der Waals surface area contributed by atoms with Crippen molar-refractivity contribution in [2.45, 2.75) is 24.8 Å². The molecule has 0 atom stereocenters. The van der Waals surface area contributed by atoms with Crippen molar-refractivity contribution in [1.29, 1.82) is 0 Å². The Balaban J connectivity index is 1.91. The highest BCUT2D eigenvalue weighted by atomic mass is 32.1. The van der Waals surface area contributed by atoms with Gasteiger partial charge in [0.1, 0.15) is 5.54 Å². The van der Waals surface area contributed by atoms with Crippen molar-refractivity contribution in [3.8, 4) is 0 Å². The summed E-state index contributed by atoms with van der Waals surface area (Å²) in [6.45, 7) is 1.14. The molecule has 0 bridgehead atoms. The van der Waals surface area contributed by atoms with Crippen LogP contribution in [-0.4, -0.2) is 39.7 Å². The molecule has 0 unspecified atom stereocenters. The molecular formula is C11H13N3O2S. The van der Waals surface area contributed by atoms with E-state index in [0.29, 0.717) is 18.7 Å². The highest BCUT2D eigenvalue weighted by Crippen LogP contribution is 2.40. The van der Waals surface area contributed by atoms with E-state index >= 15 is 0 Å². The predicted octanol–water partition coefficient (Wildman–Crippen LogP) is 0.638. The minimum atomic E-state index is -0.572. The SMILES string of the molecule is O=C(c1cnsc1)N1CCNC(=O)C12CCC2. The molecule has 2 amide bonds. The number of carbonyl (C=O) groups excluding carboxylic acids is 2. The van der Waals surface area contributed by atoms with E-state index in [2.05, 4.69) is 9.69 Å². The van der Waals surface area contributed by atoms with Crippen LogP contribution in [0.25, 0.3) is 0 Å². The molecule has 1 aromatic rings. The highest BCUT2D eigenvalue weighted by Gasteiger charge is 2.52. The van der Waals surface area contributed by atoms with E-state index in [1.165, 1.54) is 11.5 Å². The molecular weight excluding hydrogens is 238 g/mol. The number of carbonyl (C=O) groups is 2. The van der Waals surface area contributed by atoms with Gasteiger partial charge in [-0.05, 0) is 30.8 Å². The number of rotatable bonds is 1. The van der Waals surface area contributed by atoms with E-state index in [9.17, 15) is 9.59 Å². The van der Waals surface area contributed by atoms with E-state index in [1.54, 1.807) is 16.5 Å². The molecule has 90 valence electrons. The first-order valence-electron chi connectivity index (χ1n) is 5.74. The Morgan fingerprint density at radius 3 is 2.94 bits per heavy atom. The van der Waals surface area contributed by atoms with Gasteiger partial charge in [0, 0.05) is 18.5 Å². The second kappa shape index (κ2) is 3.80. The molecule has 0 radical (unpaired) electrons. The van der Waals surface area contributed by atoms with Crippen LogP contribution < -0.4 is 5.32 Å². The largest absolute Gasteiger partial charge is 0.352 e. The molecule has 6 heteroatoms. The van der Waals surface area contributed by atoms with Crippen LogP contribution in [0.4, 0.5) is 0 Å². The first-order chi connectivity index (χ1) is 8.24. The Hall–Kier alpha value is -1.43. The normalized spacial score (nSPS) is 22.1. The molecule has 1 N–H and O–H groups in total. The molecule has 3 rings (SSSR count). The summed E-state index contributed by atoms with van der Waals surface area (Å²) in [4.78, 5) is 26.0. The summed E-state index contributed by atoms with van der Waals surface area (Å²) in [5.41, 5.74) is 0.0213. The Morgan fingerprint density at radius 1 is 1.53 bits per heavy atom. The maximum absolute atomic E-state index is 12.3. The second-order valence-corrected chi connectivity index (χ2v) is 5.17. The first kappa shape index (κ1) is 10.7. The number of piperazine rings is 1. The monoisotopic (exact) mass is 251 g/mol. The fraction of sp³-hybridized carbons (Fsp3) is 0.545. The van der Waals surface area contributed by atoms with Crippen LogP contribution in [0.15, 0.2) is 11.6 Å². The predicted molar refractivity (Wildman–Crippen MR) is 62.7 cm³/mol. The second-order valence-electron chi connectivity index (χ2n) is 4.51. The lowest BCUT2D eigenvalue weighted by Crippen LogP contribution is -2.69. The van der Waals surface area contributed by atoms with Gasteiger partial charge < -0.3 is 10.2 Å². The fourth-order valence-corrected chi connectivity index (χ4v) is 3.06. The van der Waals surface area contributed by atoms with Gasteiger partial charge >= 0.3 is 0 Å². The molecule has 2 fully saturated rings. The molecule has 1 saturated carbocycles. The molecule has 1 aromatic heterocycles. The first-order valence-corrected chi connectivity index (χ1v) is 6.57. The zero-order valence-corrected chi connectivity index (χ0v) is 10.1. The van der Waals surface area contributed by atoms with Crippen LogP contribution in [0.1, 0.15) is 29.6 Å². The zero-order chi connectivity index (χ0) is 11.9. The molecule has 17 heavy (non-hydrogen) atoms. The standard InChI is InChI=1S/C11H13N3O2S/c15-9(8-6-13-17-7-8)14-5-4-12-10(16)11(14)2-1-3-11/h6-7H,1-5H2,(H,12,16). The fourth-order valence-electron chi connectivity index (χ4n) is 2.55. The van der Waals surface area contributed by atoms with Crippen LogP contribution in [0.2, 0.25) is 0 Å². The summed E-state index contributed by atoms with van der Waals surface area (Å²) < 4.78 is 3.94. The molecule has 1 spiro atoms. The van der Waals surface area contributed by atoms with Crippen molar-refractivity contribution in [3.63, 3.8) is 0 Å². The molecule has 2 heterocycles. The third kappa shape index (κ3) is 1.47. The topological polar surface area (TPSA) is 62.3 Å². The smallest absolute Gasteiger partial charge is 0.257 e. The minimum Gasteiger partial charge on any atom is -0.352 e. The lowest BCUT2D eigenvalue weighted by Gasteiger charge is -2.51. The van der Waals surface area contributed by atoms with Gasteiger partial charge in [-0.2, -0.15) is 0 Å². The van der Waals surface area contributed by atoms with Crippen molar-refractivity contribution >= 4 is 23.3 Å². The van der Waals surface area contributed by atoms with E-state index < -0.39 is 5.54 Å². The third-order valence-corrected chi connectivity index (χ3v) is 4.25. The molecule has 0 aromatic carbocycles. The molecule has 1 saturated heterocycles. The molecule has 2 aliphatic rings. The van der Waals surface area contributed by atoms with Crippen LogP contribution in [0.5, 0.6) is 0 Å². The maximum Gasteiger partial charge on any atom is 0.257 e. The van der Waals surface area contributed by atoms with E-state index in [4.69, 9.17) is 0 Å². The molecule has 1 aliphatic carbocycles. The lowest BCUT2D eigenvalue weighted by atomic mass is 9.73. The summed E-state index contributed by atoms with van der Waals surface area (Å²) in [7, 11) is 0. The van der Waals surface area contributed by atoms with Gasteiger partial charge in [-0.1, -0.05) is 0 Å². The van der Waals surface area contributed by atoms with Gasteiger partial charge in [-0.15, -0.1) is 0 Å². The van der Waals surface area contributed by atoms with E-state index in [1.807, 2.05) is 0 Å². The summed E-state index contributed by atoms with van der Waals surface area (Å²) in [5.74, 6) is -0.0557. The average Bonchev–Trinajstić information content (AvgIpc) is 2.78. The van der Waals surface area contributed by atoms with Gasteiger partial charge in [-0.3, -0.25) is 9.59 Å². The van der Waals surface area contributed by atoms with Crippen molar-refractivity contribution in [2.75, 3.05) is 13.1 Å². The van der Waals surface area contributed by atoms with Crippen molar-refractivity contribution < 1.29 is 9.59 Å². The van der Waals surface area contributed by atoms with Gasteiger partial charge in [-0.25, -0.2) is 4.37 Å². The van der Waals surface area contributed by atoms with E-state index in [-0.39, 0.29) is 11.8 Å². The minimum absolute atomic E-state index is 0.00605.